The lowest BCUT2D eigenvalue weighted by molar-refractivity contribution is -0.123. The van der Waals surface area contributed by atoms with E-state index in [0.29, 0.717) is 5.76 Å². The van der Waals surface area contributed by atoms with Gasteiger partial charge in [-0.2, -0.15) is 0 Å². The first-order valence-corrected chi connectivity index (χ1v) is 5.52. The predicted molar refractivity (Wildman–Crippen MR) is 60.1 cm³/mol. The average Bonchev–Trinajstić information content (AvgIpc) is 2.78. The Morgan fingerprint density at radius 1 is 1.56 bits per heavy atom. The number of nitrogens with one attached hydrogen (secondary N) is 1. The molecule has 7 heteroatoms. The fourth-order valence-corrected chi connectivity index (χ4v) is 1.43. The van der Waals surface area contributed by atoms with E-state index in [9.17, 15) is 13.6 Å². The minimum Gasteiger partial charge on any atom is -0.467 e. The number of carbonyl (C=O) groups is 1. The minimum absolute atomic E-state index is 0.0402. The summed E-state index contributed by atoms with van der Waals surface area (Å²) in [5.41, 5.74) is 0. The first-order valence-electron chi connectivity index (χ1n) is 5.52. The molecule has 2 N–H and O–H groups in total. The third kappa shape index (κ3) is 5.74. The lowest BCUT2D eigenvalue weighted by Gasteiger charge is -2.19. The van der Waals surface area contributed by atoms with Gasteiger partial charge in [0.1, 0.15) is 5.76 Å². The molecule has 0 aliphatic carbocycles. The molecule has 5 nitrogen and oxygen atoms in total. The number of amides is 1. The second-order valence-electron chi connectivity index (χ2n) is 3.71. The molecular formula is C11H16F2N2O3. The molecule has 0 spiro atoms. The second-order valence-corrected chi connectivity index (χ2v) is 3.71. The van der Waals surface area contributed by atoms with Crippen LogP contribution in [0.1, 0.15) is 5.76 Å². The van der Waals surface area contributed by atoms with Crippen LogP contribution in [0.2, 0.25) is 0 Å². The van der Waals surface area contributed by atoms with Gasteiger partial charge < -0.3 is 14.8 Å². The molecule has 0 atom stereocenters. The topological polar surface area (TPSA) is 65.7 Å². The van der Waals surface area contributed by atoms with Gasteiger partial charge in [0.25, 0.3) is 6.43 Å². The molecule has 1 heterocycles. The number of alkyl halides is 2. The van der Waals surface area contributed by atoms with E-state index in [2.05, 4.69) is 5.32 Å². The van der Waals surface area contributed by atoms with Crippen molar-refractivity contribution < 1.29 is 23.1 Å². The lowest BCUT2D eigenvalue weighted by atomic mass is 10.4. The number of carbonyl (C=O) groups excluding carboxylic acids is 1. The van der Waals surface area contributed by atoms with Crippen molar-refractivity contribution >= 4 is 5.91 Å². The molecule has 1 rings (SSSR count). The molecule has 102 valence electrons. The Balaban J connectivity index is 2.31. The van der Waals surface area contributed by atoms with Crippen molar-refractivity contribution in [3.63, 3.8) is 0 Å². The predicted octanol–water partition coefficient (Wildman–Crippen LogP) is 0.455. The van der Waals surface area contributed by atoms with Crippen LogP contribution in [-0.2, 0) is 11.3 Å². The van der Waals surface area contributed by atoms with Gasteiger partial charge in [0.2, 0.25) is 5.91 Å². The normalized spacial score (nSPS) is 11.2. The molecule has 0 radical (unpaired) electrons. The van der Waals surface area contributed by atoms with Crippen LogP contribution in [0.15, 0.2) is 22.8 Å². The summed E-state index contributed by atoms with van der Waals surface area (Å²) in [6.45, 7) is -0.718. The van der Waals surface area contributed by atoms with E-state index in [1.807, 2.05) is 0 Å². The Kier molecular flexibility index (Phi) is 6.31. The molecule has 1 aromatic rings. The van der Waals surface area contributed by atoms with Gasteiger partial charge >= 0.3 is 0 Å². The molecule has 0 bridgehead atoms. The van der Waals surface area contributed by atoms with Crippen LogP contribution in [-0.4, -0.2) is 48.6 Å². The molecule has 18 heavy (non-hydrogen) atoms. The van der Waals surface area contributed by atoms with Crippen molar-refractivity contribution in [3.05, 3.63) is 24.2 Å². The fourth-order valence-electron chi connectivity index (χ4n) is 1.43. The number of rotatable bonds is 8. The molecule has 1 aromatic heterocycles. The molecule has 0 aromatic carbocycles. The SMILES string of the molecule is O=C(CN(CCO)CC(F)F)NCc1ccco1. The van der Waals surface area contributed by atoms with E-state index < -0.39 is 13.0 Å². The molecule has 0 fully saturated rings. The van der Waals surface area contributed by atoms with E-state index in [4.69, 9.17) is 9.52 Å². The van der Waals surface area contributed by atoms with E-state index >= 15 is 0 Å². The van der Waals surface area contributed by atoms with Crippen molar-refractivity contribution in [3.8, 4) is 0 Å². The number of hydrogen-bond donors (Lipinski definition) is 2. The highest BCUT2D eigenvalue weighted by Gasteiger charge is 2.15. The quantitative estimate of drug-likeness (QED) is 0.714. The molecule has 1 amide bonds. The largest absolute Gasteiger partial charge is 0.467 e. The Bertz CT molecular complexity index is 344. The van der Waals surface area contributed by atoms with Crippen molar-refractivity contribution in [1.82, 2.24) is 10.2 Å². The number of nitrogens with zero attached hydrogens (tertiary/aromatic N) is 1. The number of aliphatic hydroxyl groups excluding tert-OH is 1. The van der Waals surface area contributed by atoms with E-state index in [1.54, 1.807) is 12.1 Å². The Labute approximate surface area is 103 Å². The summed E-state index contributed by atoms with van der Waals surface area (Å²) in [4.78, 5) is 12.7. The van der Waals surface area contributed by atoms with Crippen molar-refractivity contribution in [1.29, 1.82) is 0 Å². The van der Waals surface area contributed by atoms with Crippen LogP contribution in [0, 0.1) is 0 Å². The molecule has 0 saturated heterocycles. The maximum absolute atomic E-state index is 12.2. The van der Waals surface area contributed by atoms with Crippen LogP contribution in [0.4, 0.5) is 8.78 Å². The molecule has 0 saturated carbocycles. The Morgan fingerprint density at radius 3 is 2.89 bits per heavy atom. The highest BCUT2D eigenvalue weighted by atomic mass is 19.3. The van der Waals surface area contributed by atoms with E-state index in [-0.39, 0.29) is 32.1 Å². The molecule has 0 unspecified atom stereocenters. The standard InChI is InChI=1S/C11H16F2N2O3/c12-10(13)7-15(3-4-16)8-11(17)14-6-9-2-1-5-18-9/h1-2,5,10,16H,3-4,6-8H2,(H,14,17). The van der Waals surface area contributed by atoms with Gasteiger partial charge in [0.05, 0.1) is 32.5 Å². The van der Waals surface area contributed by atoms with Crippen LogP contribution in [0.5, 0.6) is 0 Å². The van der Waals surface area contributed by atoms with Gasteiger partial charge in [-0.15, -0.1) is 0 Å². The summed E-state index contributed by atoms with van der Waals surface area (Å²) in [7, 11) is 0. The molecule has 0 aliphatic heterocycles. The van der Waals surface area contributed by atoms with Gasteiger partial charge in [-0.05, 0) is 12.1 Å². The summed E-state index contributed by atoms with van der Waals surface area (Å²) in [5, 5.41) is 11.3. The minimum atomic E-state index is -2.53. The van der Waals surface area contributed by atoms with Crippen LogP contribution >= 0.6 is 0 Å². The monoisotopic (exact) mass is 262 g/mol. The Morgan fingerprint density at radius 2 is 2.33 bits per heavy atom. The number of furan rings is 1. The zero-order chi connectivity index (χ0) is 13.4. The first kappa shape index (κ1) is 14.6. The summed E-state index contributed by atoms with van der Waals surface area (Å²) in [5.74, 6) is 0.200. The van der Waals surface area contributed by atoms with E-state index in [0.717, 1.165) is 0 Å². The third-order valence-electron chi connectivity index (χ3n) is 2.22. The summed E-state index contributed by atoms with van der Waals surface area (Å²) < 4.78 is 29.4. The highest BCUT2D eigenvalue weighted by Crippen LogP contribution is 2.00. The highest BCUT2D eigenvalue weighted by molar-refractivity contribution is 5.77. The van der Waals surface area contributed by atoms with Crippen molar-refractivity contribution in [2.45, 2.75) is 13.0 Å². The summed E-state index contributed by atoms with van der Waals surface area (Å²) in [6, 6.07) is 3.39. The molecule has 0 aliphatic rings. The maximum atomic E-state index is 12.2. The summed E-state index contributed by atoms with van der Waals surface area (Å²) in [6.07, 6.45) is -1.05. The molecular weight excluding hydrogens is 246 g/mol. The van der Waals surface area contributed by atoms with Crippen LogP contribution in [0.25, 0.3) is 0 Å². The summed E-state index contributed by atoms with van der Waals surface area (Å²) >= 11 is 0. The Hall–Kier alpha value is -1.47. The van der Waals surface area contributed by atoms with Gasteiger partial charge in [-0.1, -0.05) is 0 Å². The van der Waals surface area contributed by atoms with Gasteiger partial charge in [-0.25, -0.2) is 8.78 Å². The number of aliphatic hydroxyl groups is 1. The zero-order valence-electron chi connectivity index (χ0n) is 9.81. The average molecular weight is 262 g/mol. The van der Waals surface area contributed by atoms with E-state index in [1.165, 1.54) is 11.2 Å². The smallest absolute Gasteiger partial charge is 0.251 e. The van der Waals surface area contributed by atoms with Crippen LogP contribution < -0.4 is 5.32 Å². The first-order chi connectivity index (χ1) is 8.61. The maximum Gasteiger partial charge on any atom is 0.251 e. The van der Waals surface area contributed by atoms with Gasteiger partial charge in [-0.3, -0.25) is 9.69 Å². The number of halogens is 2. The lowest BCUT2D eigenvalue weighted by Crippen LogP contribution is -2.40. The second kappa shape index (κ2) is 7.78. The third-order valence-corrected chi connectivity index (χ3v) is 2.22. The fraction of sp³-hybridized carbons (Fsp3) is 0.545. The number of hydrogen-bond acceptors (Lipinski definition) is 4. The van der Waals surface area contributed by atoms with Gasteiger partial charge in [0, 0.05) is 6.54 Å². The zero-order valence-corrected chi connectivity index (χ0v) is 9.81. The van der Waals surface area contributed by atoms with Crippen molar-refractivity contribution in [2.75, 3.05) is 26.2 Å². The van der Waals surface area contributed by atoms with Crippen LogP contribution in [0.3, 0.4) is 0 Å². The van der Waals surface area contributed by atoms with Gasteiger partial charge in [0.15, 0.2) is 0 Å². The van der Waals surface area contributed by atoms with Crippen molar-refractivity contribution in [2.24, 2.45) is 0 Å².